The Morgan fingerprint density at radius 3 is 2.69 bits per heavy atom. The van der Waals surface area contributed by atoms with Crippen molar-refractivity contribution in [2.45, 2.75) is 39.5 Å². The molecule has 0 atom stereocenters. The van der Waals surface area contributed by atoms with Crippen LogP contribution in [-0.2, 0) is 0 Å². The minimum Gasteiger partial charge on any atom is -0.399 e. The summed E-state index contributed by atoms with van der Waals surface area (Å²) in [5.74, 6) is 0. The molecule has 1 fully saturated rings. The molecular formula is C14H22N2. The molecule has 1 aliphatic rings. The van der Waals surface area contributed by atoms with E-state index < -0.39 is 0 Å². The van der Waals surface area contributed by atoms with Crippen LogP contribution in [0.2, 0.25) is 0 Å². The zero-order chi connectivity index (χ0) is 11.6. The Morgan fingerprint density at radius 1 is 1.38 bits per heavy atom. The summed E-state index contributed by atoms with van der Waals surface area (Å²) in [6, 6.07) is 6.08. The van der Waals surface area contributed by atoms with Crippen LogP contribution in [0.5, 0.6) is 0 Å². The maximum Gasteiger partial charge on any atom is 0.0390 e. The lowest BCUT2D eigenvalue weighted by Crippen LogP contribution is -2.35. The number of benzene rings is 1. The molecule has 0 radical (unpaired) electrons. The summed E-state index contributed by atoms with van der Waals surface area (Å²) in [6.45, 7) is 5.52. The molecule has 16 heavy (non-hydrogen) atoms. The van der Waals surface area contributed by atoms with Crippen molar-refractivity contribution in [3.05, 3.63) is 23.8 Å². The van der Waals surface area contributed by atoms with Crippen LogP contribution in [0.1, 0.15) is 38.2 Å². The predicted molar refractivity (Wildman–Crippen MR) is 70.7 cm³/mol. The Hall–Kier alpha value is -1.18. The molecule has 3 N–H and O–H groups in total. The zero-order valence-electron chi connectivity index (χ0n) is 10.3. The van der Waals surface area contributed by atoms with Crippen molar-refractivity contribution >= 4 is 11.4 Å². The highest BCUT2D eigenvalue weighted by Gasteiger charge is 2.34. The van der Waals surface area contributed by atoms with Crippen molar-refractivity contribution in [3.8, 4) is 0 Å². The summed E-state index contributed by atoms with van der Waals surface area (Å²) in [6.07, 6.45) is 5.42. The highest BCUT2D eigenvalue weighted by molar-refractivity contribution is 5.59. The third kappa shape index (κ3) is 2.16. The summed E-state index contributed by atoms with van der Waals surface area (Å²) in [7, 11) is 0. The second-order valence-corrected chi connectivity index (χ2v) is 5.14. The topological polar surface area (TPSA) is 38.0 Å². The molecule has 0 aromatic heterocycles. The van der Waals surface area contributed by atoms with Crippen molar-refractivity contribution in [1.82, 2.24) is 0 Å². The number of nitrogens with two attached hydrogens (primary N) is 1. The molecule has 1 saturated carbocycles. The Balaban J connectivity index is 2.01. The molecule has 2 rings (SSSR count). The number of hydrogen-bond donors (Lipinski definition) is 2. The third-order valence-corrected chi connectivity index (χ3v) is 4.08. The molecule has 1 aromatic carbocycles. The van der Waals surface area contributed by atoms with Crippen molar-refractivity contribution in [3.63, 3.8) is 0 Å². The van der Waals surface area contributed by atoms with E-state index in [0.29, 0.717) is 5.41 Å². The van der Waals surface area contributed by atoms with Gasteiger partial charge in [-0.2, -0.15) is 0 Å². The van der Waals surface area contributed by atoms with E-state index in [-0.39, 0.29) is 0 Å². The fraction of sp³-hybridized carbons (Fsp3) is 0.571. The maximum absolute atomic E-state index is 5.81. The molecular weight excluding hydrogens is 196 g/mol. The zero-order valence-corrected chi connectivity index (χ0v) is 10.3. The van der Waals surface area contributed by atoms with Crippen LogP contribution in [-0.4, -0.2) is 6.54 Å². The molecule has 0 unspecified atom stereocenters. The third-order valence-electron chi connectivity index (χ3n) is 4.08. The van der Waals surface area contributed by atoms with Crippen molar-refractivity contribution < 1.29 is 0 Å². The Bertz CT molecular complexity index is 361. The largest absolute Gasteiger partial charge is 0.399 e. The van der Waals surface area contributed by atoms with Gasteiger partial charge < -0.3 is 11.1 Å². The van der Waals surface area contributed by atoms with Gasteiger partial charge in [0.25, 0.3) is 0 Å². The summed E-state index contributed by atoms with van der Waals surface area (Å²) >= 11 is 0. The lowest BCUT2D eigenvalue weighted by atomic mass is 9.67. The quantitative estimate of drug-likeness (QED) is 0.758. The van der Waals surface area contributed by atoms with E-state index in [4.69, 9.17) is 5.73 Å². The molecule has 0 amide bonds. The summed E-state index contributed by atoms with van der Waals surface area (Å²) in [4.78, 5) is 0. The average Bonchev–Trinajstić information content (AvgIpc) is 2.22. The van der Waals surface area contributed by atoms with E-state index in [2.05, 4.69) is 25.2 Å². The predicted octanol–water partition coefficient (Wildman–Crippen LogP) is 3.57. The first-order valence-corrected chi connectivity index (χ1v) is 6.25. The van der Waals surface area contributed by atoms with Crippen LogP contribution >= 0.6 is 0 Å². The first-order valence-electron chi connectivity index (χ1n) is 6.25. The minimum absolute atomic E-state index is 0.553. The molecule has 0 saturated heterocycles. The second-order valence-electron chi connectivity index (χ2n) is 5.14. The Labute approximate surface area is 98.2 Å². The maximum atomic E-state index is 5.81. The van der Waals surface area contributed by atoms with Gasteiger partial charge in [-0.05, 0) is 49.3 Å². The van der Waals surface area contributed by atoms with Crippen LogP contribution in [0.25, 0.3) is 0 Å². The van der Waals surface area contributed by atoms with Gasteiger partial charge in [0.1, 0.15) is 0 Å². The van der Waals surface area contributed by atoms with Crippen LogP contribution < -0.4 is 11.1 Å². The van der Waals surface area contributed by atoms with Gasteiger partial charge in [0.2, 0.25) is 0 Å². The average molecular weight is 218 g/mol. The van der Waals surface area contributed by atoms with E-state index >= 15 is 0 Å². The number of nitrogen functional groups attached to an aromatic ring is 1. The molecule has 1 aliphatic carbocycles. The Kier molecular flexibility index (Phi) is 3.08. The molecule has 2 heteroatoms. The number of rotatable bonds is 4. The molecule has 1 aromatic rings. The number of nitrogens with one attached hydrogen (secondary N) is 1. The van der Waals surface area contributed by atoms with Gasteiger partial charge in [0.15, 0.2) is 0 Å². The van der Waals surface area contributed by atoms with Crippen molar-refractivity contribution in [2.24, 2.45) is 5.41 Å². The van der Waals surface area contributed by atoms with Crippen molar-refractivity contribution in [1.29, 1.82) is 0 Å². The molecule has 0 spiro atoms. The molecule has 0 bridgehead atoms. The van der Waals surface area contributed by atoms with E-state index in [0.717, 1.165) is 12.2 Å². The molecule has 2 nitrogen and oxygen atoms in total. The standard InChI is InChI=1S/C14H22N2/c1-3-14(7-4-8-14)10-16-13-9-12(15)6-5-11(13)2/h5-6,9,16H,3-4,7-8,10,15H2,1-2H3. The van der Waals surface area contributed by atoms with Gasteiger partial charge in [-0.15, -0.1) is 0 Å². The minimum atomic E-state index is 0.553. The van der Waals surface area contributed by atoms with Gasteiger partial charge >= 0.3 is 0 Å². The lowest BCUT2D eigenvalue weighted by Gasteiger charge is -2.41. The highest BCUT2D eigenvalue weighted by Crippen LogP contribution is 2.43. The van der Waals surface area contributed by atoms with Crippen LogP contribution in [0.3, 0.4) is 0 Å². The van der Waals surface area contributed by atoms with Gasteiger partial charge in [0.05, 0.1) is 0 Å². The number of hydrogen-bond acceptors (Lipinski definition) is 2. The smallest absolute Gasteiger partial charge is 0.0390 e. The SMILES string of the molecule is CCC1(CNc2cc(N)ccc2C)CCC1. The second kappa shape index (κ2) is 4.36. The van der Waals surface area contributed by atoms with E-state index in [9.17, 15) is 0 Å². The fourth-order valence-electron chi connectivity index (χ4n) is 2.44. The van der Waals surface area contributed by atoms with E-state index in [1.165, 1.54) is 36.9 Å². The van der Waals surface area contributed by atoms with Crippen molar-refractivity contribution in [2.75, 3.05) is 17.6 Å². The van der Waals surface area contributed by atoms with E-state index in [1.54, 1.807) is 0 Å². The lowest BCUT2D eigenvalue weighted by molar-refractivity contribution is 0.145. The molecule has 0 aliphatic heterocycles. The number of anilines is 2. The fourth-order valence-corrected chi connectivity index (χ4v) is 2.44. The number of aryl methyl sites for hydroxylation is 1. The van der Waals surface area contributed by atoms with Crippen LogP contribution in [0, 0.1) is 12.3 Å². The van der Waals surface area contributed by atoms with Gasteiger partial charge in [-0.3, -0.25) is 0 Å². The van der Waals surface area contributed by atoms with Crippen LogP contribution in [0.15, 0.2) is 18.2 Å². The van der Waals surface area contributed by atoms with Crippen LogP contribution in [0.4, 0.5) is 11.4 Å². The Morgan fingerprint density at radius 2 is 2.12 bits per heavy atom. The summed E-state index contributed by atoms with van der Waals surface area (Å²) in [5, 5.41) is 3.57. The monoisotopic (exact) mass is 218 g/mol. The van der Waals surface area contributed by atoms with Gasteiger partial charge in [-0.1, -0.05) is 19.4 Å². The summed E-state index contributed by atoms with van der Waals surface area (Å²) in [5.41, 5.74) is 9.67. The molecule has 88 valence electrons. The van der Waals surface area contributed by atoms with Gasteiger partial charge in [-0.25, -0.2) is 0 Å². The highest BCUT2D eigenvalue weighted by atomic mass is 14.9. The molecule has 0 heterocycles. The van der Waals surface area contributed by atoms with E-state index in [1.807, 2.05) is 12.1 Å². The normalized spacial score (nSPS) is 17.9. The first kappa shape index (κ1) is 11.3. The first-order chi connectivity index (χ1) is 7.65. The summed E-state index contributed by atoms with van der Waals surface area (Å²) < 4.78 is 0. The van der Waals surface area contributed by atoms with Gasteiger partial charge in [0, 0.05) is 17.9 Å².